The van der Waals surface area contributed by atoms with E-state index in [9.17, 15) is 9.90 Å². The van der Waals surface area contributed by atoms with E-state index in [0.29, 0.717) is 10.8 Å². The van der Waals surface area contributed by atoms with Crippen LogP contribution in [0.5, 0.6) is 0 Å². The van der Waals surface area contributed by atoms with Crippen LogP contribution in [0, 0.1) is 6.92 Å². The predicted molar refractivity (Wildman–Crippen MR) is 84.5 cm³/mol. The molecular formula is C15H19N3O3S. The third-order valence-corrected chi connectivity index (χ3v) is 4.09. The summed E-state index contributed by atoms with van der Waals surface area (Å²) in [6.45, 7) is 5.69. The molecule has 0 spiro atoms. The van der Waals surface area contributed by atoms with Crippen molar-refractivity contribution in [1.82, 2.24) is 15.0 Å². The molecular weight excluding hydrogens is 302 g/mol. The number of rotatable bonds is 6. The Hall–Kier alpha value is -1.86. The van der Waals surface area contributed by atoms with Gasteiger partial charge in [-0.3, -0.25) is 0 Å². The average Bonchev–Trinajstić information content (AvgIpc) is 2.89. The van der Waals surface area contributed by atoms with Crippen molar-refractivity contribution in [3.05, 3.63) is 35.5 Å². The maximum Gasteiger partial charge on any atom is 0.361 e. The predicted octanol–water partition coefficient (Wildman–Crippen LogP) is 2.23. The molecule has 1 aromatic carbocycles. The molecule has 2 rings (SSSR count). The zero-order chi connectivity index (χ0) is 16.1. The van der Waals surface area contributed by atoms with Gasteiger partial charge in [-0.15, -0.1) is 16.9 Å². The second-order valence-corrected chi connectivity index (χ2v) is 5.88. The van der Waals surface area contributed by atoms with Gasteiger partial charge >= 0.3 is 5.97 Å². The molecule has 0 amide bonds. The summed E-state index contributed by atoms with van der Waals surface area (Å²) in [5, 5.41) is 18.1. The van der Waals surface area contributed by atoms with E-state index < -0.39 is 12.1 Å². The Morgan fingerprint density at radius 3 is 2.91 bits per heavy atom. The Morgan fingerprint density at radius 2 is 2.27 bits per heavy atom. The molecule has 1 N–H and O–H groups in total. The normalized spacial score (nSPS) is 12.2. The molecule has 7 heteroatoms. The fraction of sp³-hybridized carbons (Fsp3) is 0.400. The van der Waals surface area contributed by atoms with Crippen molar-refractivity contribution in [3.8, 4) is 5.69 Å². The molecule has 0 saturated heterocycles. The minimum absolute atomic E-state index is 0.175. The highest BCUT2D eigenvalue weighted by Gasteiger charge is 2.22. The van der Waals surface area contributed by atoms with Crippen molar-refractivity contribution in [2.24, 2.45) is 0 Å². The first kappa shape index (κ1) is 16.5. The smallest absolute Gasteiger partial charge is 0.361 e. The van der Waals surface area contributed by atoms with Gasteiger partial charge in [0.2, 0.25) is 5.69 Å². The van der Waals surface area contributed by atoms with E-state index in [1.165, 1.54) is 11.8 Å². The van der Waals surface area contributed by atoms with Crippen LogP contribution in [0.2, 0.25) is 0 Å². The number of thioether (sulfide) groups is 1. The summed E-state index contributed by atoms with van der Waals surface area (Å²) in [7, 11) is 0. The number of carbonyl (C=O) groups excluding carboxylic acids is 1. The molecule has 0 aliphatic carbocycles. The lowest BCUT2D eigenvalue weighted by atomic mass is 10.2. The summed E-state index contributed by atoms with van der Waals surface area (Å²) < 4.78 is 6.62. The lowest BCUT2D eigenvalue weighted by Crippen LogP contribution is -2.10. The summed E-state index contributed by atoms with van der Waals surface area (Å²) in [6, 6.07) is 7.74. The maximum absolute atomic E-state index is 12.0. The quantitative estimate of drug-likeness (QED) is 0.649. The number of aliphatic hydroxyl groups is 1. The molecule has 0 aliphatic rings. The van der Waals surface area contributed by atoms with Gasteiger partial charge in [-0.1, -0.05) is 17.3 Å². The summed E-state index contributed by atoms with van der Waals surface area (Å²) in [6.07, 6.45) is -0.499. The lowest BCUT2D eigenvalue weighted by molar-refractivity contribution is 0.0515. The van der Waals surface area contributed by atoms with E-state index in [0.717, 1.165) is 11.3 Å². The molecule has 0 aliphatic heterocycles. The number of hydrogen-bond donors (Lipinski definition) is 1. The van der Waals surface area contributed by atoms with Gasteiger partial charge in [0, 0.05) is 5.75 Å². The van der Waals surface area contributed by atoms with Crippen LogP contribution in [0.15, 0.2) is 29.3 Å². The van der Waals surface area contributed by atoms with E-state index in [1.54, 1.807) is 18.5 Å². The zero-order valence-electron chi connectivity index (χ0n) is 12.8. The molecule has 1 heterocycles. The van der Waals surface area contributed by atoms with Gasteiger partial charge in [0.05, 0.1) is 18.4 Å². The Kier molecular flexibility index (Phi) is 5.57. The molecule has 1 aromatic heterocycles. The SMILES string of the molecule is CCOC(=O)c1nnn(-c2cccc(C)c2)c1SCC(C)O. The number of hydrogen-bond acceptors (Lipinski definition) is 6. The van der Waals surface area contributed by atoms with E-state index in [2.05, 4.69) is 10.3 Å². The summed E-state index contributed by atoms with van der Waals surface area (Å²) in [4.78, 5) is 12.0. The minimum atomic E-state index is -0.505. The second-order valence-electron chi connectivity index (χ2n) is 4.87. The standard InChI is InChI=1S/C15H19N3O3S/c1-4-21-15(20)13-14(22-9-11(3)19)18(17-16-13)12-7-5-6-10(2)8-12/h5-8,11,19H,4,9H2,1-3H3. The average molecular weight is 321 g/mol. The van der Waals surface area contributed by atoms with Crippen molar-refractivity contribution < 1.29 is 14.6 Å². The summed E-state index contributed by atoms with van der Waals surface area (Å²) in [5.74, 6) is -0.0690. The molecule has 2 aromatic rings. The molecule has 1 unspecified atom stereocenters. The molecule has 0 saturated carbocycles. The van der Waals surface area contributed by atoms with Crippen LogP contribution in [0.4, 0.5) is 0 Å². The van der Waals surface area contributed by atoms with Crippen LogP contribution in [0.25, 0.3) is 5.69 Å². The van der Waals surface area contributed by atoms with E-state index in [4.69, 9.17) is 4.74 Å². The van der Waals surface area contributed by atoms with Crippen molar-refractivity contribution >= 4 is 17.7 Å². The number of aliphatic hydroxyl groups excluding tert-OH is 1. The highest BCUT2D eigenvalue weighted by atomic mass is 32.2. The number of ether oxygens (including phenoxy) is 1. The first-order valence-corrected chi connectivity index (χ1v) is 8.02. The van der Waals surface area contributed by atoms with Crippen molar-refractivity contribution in [1.29, 1.82) is 0 Å². The third kappa shape index (κ3) is 3.86. The number of aromatic nitrogens is 3. The van der Waals surface area contributed by atoms with E-state index in [1.807, 2.05) is 31.2 Å². The van der Waals surface area contributed by atoms with Gasteiger partial charge < -0.3 is 9.84 Å². The molecule has 6 nitrogen and oxygen atoms in total. The van der Waals surface area contributed by atoms with Crippen LogP contribution >= 0.6 is 11.8 Å². The molecule has 0 fully saturated rings. The fourth-order valence-corrected chi connectivity index (χ4v) is 2.78. The van der Waals surface area contributed by atoms with Crippen LogP contribution in [0.1, 0.15) is 29.9 Å². The number of carbonyl (C=O) groups is 1. The van der Waals surface area contributed by atoms with Crippen molar-refractivity contribution in [2.45, 2.75) is 31.9 Å². The summed E-state index contributed by atoms with van der Waals surface area (Å²) >= 11 is 1.33. The van der Waals surface area contributed by atoms with Gasteiger partial charge in [0.25, 0.3) is 0 Å². The van der Waals surface area contributed by atoms with Crippen LogP contribution in [0.3, 0.4) is 0 Å². The highest BCUT2D eigenvalue weighted by Crippen LogP contribution is 2.26. The number of esters is 1. The number of aryl methyl sites for hydroxylation is 1. The van der Waals surface area contributed by atoms with Gasteiger partial charge in [0.15, 0.2) is 0 Å². The Morgan fingerprint density at radius 1 is 1.50 bits per heavy atom. The Labute approximate surface area is 133 Å². The monoisotopic (exact) mass is 321 g/mol. The minimum Gasteiger partial charge on any atom is -0.461 e. The zero-order valence-corrected chi connectivity index (χ0v) is 13.6. The van der Waals surface area contributed by atoms with Crippen LogP contribution in [-0.4, -0.2) is 44.5 Å². The summed E-state index contributed by atoms with van der Waals surface area (Å²) in [5.41, 5.74) is 2.07. The second kappa shape index (κ2) is 7.42. The topological polar surface area (TPSA) is 77.2 Å². The maximum atomic E-state index is 12.0. The third-order valence-electron chi connectivity index (χ3n) is 2.81. The van der Waals surface area contributed by atoms with Crippen molar-refractivity contribution in [3.63, 3.8) is 0 Å². The van der Waals surface area contributed by atoms with Gasteiger partial charge in [-0.25, -0.2) is 9.48 Å². The first-order chi connectivity index (χ1) is 10.5. The van der Waals surface area contributed by atoms with E-state index >= 15 is 0 Å². The van der Waals surface area contributed by atoms with Crippen LogP contribution < -0.4 is 0 Å². The van der Waals surface area contributed by atoms with Gasteiger partial charge in [0.1, 0.15) is 5.03 Å². The Balaban J connectivity index is 2.42. The van der Waals surface area contributed by atoms with Gasteiger partial charge in [-0.2, -0.15) is 0 Å². The highest BCUT2D eigenvalue weighted by molar-refractivity contribution is 7.99. The van der Waals surface area contributed by atoms with Gasteiger partial charge in [-0.05, 0) is 38.5 Å². The molecule has 22 heavy (non-hydrogen) atoms. The first-order valence-electron chi connectivity index (χ1n) is 7.03. The lowest BCUT2D eigenvalue weighted by Gasteiger charge is -2.09. The largest absolute Gasteiger partial charge is 0.461 e. The molecule has 0 bridgehead atoms. The van der Waals surface area contributed by atoms with E-state index in [-0.39, 0.29) is 12.3 Å². The number of nitrogens with zero attached hydrogens (tertiary/aromatic N) is 3. The van der Waals surface area contributed by atoms with Crippen molar-refractivity contribution in [2.75, 3.05) is 12.4 Å². The van der Waals surface area contributed by atoms with Crippen LogP contribution in [-0.2, 0) is 4.74 Å². The number of benzene rings is 1. The fourth-order valence-electron chi connectivity index (χ4n) is 1.86. The molecule has 0 radical (unpaired) electrons. The molecule has 118 valence electrons. The Bertz CT molecular complexity index is 655. The molecule has 1 atom stereocenters.